The van der Waals surface area contributed by atoms with Gasteiger partial charge in [0.05, 0.1) is 28.5 Å². The number of rotatable bonds is 9. The standard InChI is InChI=1S/C30H27ClF3N5OS2/c1-37(2)14-15-42-23-12-13-24(25(31)16-23)27-17-26-28(36-39(27)21-8-10-22(41-3)11-9-21)29(40)38(35-26)18-19-4-6-20(7-5-19)30(32,33)34/h4-13,16-17H,14-15,18H2,1-3H3. The zero-order valence-electron chi connectivity index (χ0n) is 23.0. The molecular weight excluding hydrogens is 603 g/mol. The fourth-order valence-corrected chi connectivity index (χ4v) is 6.13. The van der Waals surface area contributed by atoms with Gasteiger partial charge in [0, 0.05) is 27.7 Å². The molecule has 0 atom stereocenters. The molecule has 0 amide bonds. The van der Waals surface area contributed by atoms with Crippen LogP contribution in [-0.2, 0) is 12.7 Å². The van der Waals surface area contributed by atoms with Crippen molar-refractivity contribution in [3.63, 3.8) is 0 Å². The molecule has 2 aliphatic rings. The van der Waals surface area contributed by atoms with Gasteiger partial charge < -0.3 is 4.90 Å². The summed E-state index contributed by atoms with van der Waals surface area (Å²) in [5.74, 6) is 0.917. The summed E-state index contributed by atoms with van der Waals surface area (Å²) in [6.07, 6.45) is -2.44. The Labute approximate surface area is 254 Å². The van der Waals surface area contributed by atoms with Crippen LogP contribution in [0.1, 0.15) is 11.1 Å². The highest BCUT2D eigenvalue weighted by atomic mass is 35.5. The first-order valence-electron chi connectivity index (χ1n) is 12.9. The van der Waals surface area contributed by atoms with Gasteiger partial charge in [-0.3, -0.25) is 4.79 Å². The van der Waals surface area contributed by atoms with Crippen LogP contribution in [-0.4, -0.2) is 57.1 Å². The molecule has 5 rings (SSSR count). The van der Waals surface area contributed by atoms with E-state index in [-0.39, 0.29) is 12.2 Å². The molecule has 0 radical (unpaired) electrons. The van der Waals surface area contributed by atoms with Crippen LogP contribution in [0, 0.1) is 0 Å². The highest BCUT2D eigenvalue weighted by Gasteiger charge is 2.30. The predicted molar refractivity (Wildman–Crippen MR) is 164 cm³/mol. The van der Waals surface area contributed by atoms with Gasteiger partial charge in [-0.1, -0.05) is 29.8 Å². The number of aromatic nitrogens is 4. The molecule has 0 N–H and O–H groups in total. The quantitative estimate of drug-likeness (QED) is 0.160. The highest BCUT2D eigenvalue weighted by molar-refractivity contribution is 7.99. The maximum absolute atomic E-state index is 13.4. The number of hydrogen-bond donors (Lipinski definition) is 0. The summed E-state index contributed by atoms with van der Waals surface area (Å²) in [6.45, 7) is 0.939. The van der Waals surface area contributed by atoms with Crippen LogP contribution < -0.4 is 5.56 Å². The molecule has 0 fully saturated rings. The van der Waals surface area contributed by atoms with E-state index < -0.39 is 17.3 Å². The van der Waals surface area contributed by atoms with Crippen molar-refractivity contribution in [2.45, 2.75) is 22.5 Å². The number of hydrogen-bond acceptors (Lipinski definition) is 6. The normalized spacial score (nSPS) is 12.0. The summed E-state index contributed by atoms with van der Waals surface area (Å²) in [4.78, 5) is 17.6. The minimum Gasteiger partial charge on any atom is -0.309 e. The van der Waals surface area contributed by atoms with E-state index in [1.807, 2.05) is 62.8 Å². The van der Waals surface area contributed by atoms with Crippen LogP contribution in [0.25, 0.3) is 28.3 Å². The van der Waals surface area contributed by atoms with Gasteiger partial charge in [0.2, 0.25) is 0 Å². The number of nitrogens with zero attached hydrogens (tertiary/aromatic N) is 5. The van der Waals surface area contributed by atoms with Crippen LogP contribution in [0.2, 0.25) is 5.02 Å². The molecule has 0 aliphatic carbocycles. The summed E-state index contributed by atoms with van der Waals surface area (Å²) in [7, 11) is 4.06. The first-order chi connectivity index (χ1) is 20.0. The Morgan fingerprint density at radius 2 is 1.62 bits per heavy atom. The largest absolute Gasteiger partial charge is 0.416 e. The molecule has 42 heavy (non-hydrogen) atoms. The maximum Gasteiger partial charge on any atom is 0.416 e. The molecule has 218 valence electrons. The molecule has 3 aromatic rings. The van der Waals surface area contributed by atoms with Crippen molar-refractivity contribution in [2.24, 2.45) is 0 Å². The zero-order valence-corrected chi connectivity index (χ0v) is 25.4. The summed E-state index contributed by atoms with van der Waals surface area (Å²) >= 11 is 10.1. The van der Waals surface area contributed by atoms with E-state index in [9.17, 15) is 18.0 Å². The average molecular weight is 630 g/mol. The first-order valence-corrected chi connectivity index (χ1v) is 15.5. The minimum atomic E-state index is -4.44. The van der Waals surface area contributed by atoms with Crippen LogP contribution >= 0.6 is 35.1 Å². The zero-order chi connectivity index (χ0) is 30.0. The van der Waals surface area contributed by atoms with Crippen molar-refractivity contribution in [1.29, 1.82) is 0 Å². The number of thioether (sulfide) groups is 2. The third-order valence-electron chi connectivity index (χ3n) is 6.56. The van der Waals surface area contributed by atoms with Crippen LogP contribution in [0.4, 0.5) is 13.2 Å². The maximum atomic E-state index is 13.4. The molecule has 0 saturated heterocycles. The summed E-state index contributed by atoms with van der Waals surface area (Å²) in [5, 5.41) is 9.73. The van der Waals surface area contributed by atoms with E-state index in [0.29, 0.717) is 22.0 Å². The van der Waals surface area contributed by atoms with Gasteiger partial charge in [0.15, 0.2) is 5.69 Å². The lowest BCUT2D eigenvalue weighted by molar-refractivity contribution is -0.137. The van der Waals surface area contributed by atoms with Crippen molar-refractivity contribution in [3.05, 3.63) is 99.3 Å². The molecule has 12 heteroatoms. The van der Waals surface area contributed by atoms with Crippen LogP contribution in [0.3, 0.4) is 0 Å². The summed E-state index contributed by atoms with van der Waals surface area (Å²) in [6, 6.07) is 20.1. The molecule has 0 spiro atoms. The van der Waals surface area contributed by atoms with Gasteiger partial charge in [0.1, 0.15) is 5.69 Å². The van der Waals surface area contributed by atoms with E-state index in [4.69, 9.17) is 16.7 Å². The van der Waals surface area contributed by atoms with Gasteiger partial charge in [0.25, 0.3) is 5.56 Å². The fourth-order valence-electron chi connectivity index (χ4n) is 4.32. The average Bonchev–Trinajstić information content (AvgIpc) is 3.26. The molecule has 0 saturated carbocycles. The van der Waals surface area contributed by atoms with Gasteiger partial charge in [-0.25, -0.2) is 9.36 Å². The summed E-state index contributed by atoms with van der Waals surface area (Å²) in [5.41, 5.74) is 1.93. The molecular formula is C30H27ClF3N5OS2. The van der Waals surface area contributed by atoms with E-state index in [1.165, 1.54) is 16.8 Å². The smallest absolute Gasteiger partial charge is 0.309 e. The lowest BCUT2D eigenvalue weighted by Gasteiger charge is -2.16. The second-order valence-electron chi connectivity index (χ2n) is 9.82. The Morgan fingerprint density at radius 1 is 0.929 bits per heavy atom. The molecule has 0 bridgehead atoms. The van der Waals surface area contributed by atoms with Crippen molar-refractivity contribution >= 4 is 35.1 Å². The minimum absolute atomic E-state index is 0.00467. The van der Waals surface area contributed by atoms with Crippen molar-refractivity contribution in [3.8, 4) is 28.3 Å². The Morgan fingerprint density at radius 3 is 2.24 bits per heavy atom. The number of benzene rings is 3. The van der Waals surface area contributed by atoms with E-state index in [1.54, 1.807) is 34.3 Å². The second kappa shape index (κ2) is 12.5. The van der Waals surface area contributed by atoms with Crippen LogP contribution in [0.5, 0.6) is 0 Å². The van der Waals surface area contributed by atoms with E-state index in [0.717, 1.165) is 45.5 Å². The molecule has 6 nitrogen and oxygen atoms in total. The van der Waals surface area contributed by atoms with Crippen molar-refractivity contribution < 1.29 is 13.2 Å². The lowest BCUT2D eigenvalue weighted by Crippen LogP contribution is -2.19. The number of halogens is 4. The SMILES string of the molecule is CSc1ccc(-n2nc3c(=O)n(Cc4ccc(C(F)(F)F)cc4)nc-3cc2-c2ccc(SCCN(C)C)cc2Cl)cc1. The topological polar surface area (TPSA) is 56.0 Å². The highest BCUT2D eigenvalue weighted by Crippen LogP contribution is 2.35. The first kappa shape index (κ1) is 30.2. The molecule has 0 unspecified atom stereocenters. The van der Waals surface area contributed by atoms with Crippen LogP contribution in [0.15, 0.2) is 87.4 Å². The number of alkyl halides is 3. The fraction of sp³-hybridized carbons (Fsp3) is 0.233. The van der Waals surface area contributed by atoms with Gasteiger partial charge in [-0.2, -0.15) is 23.4 Å². The monoisotopic (exact) mass is 629 g/mol. The molecule has 2 aliphatic heterocycles. The Kier molecular flexibility index (Phi) is 9.03. The Balaban J connectivity index is 1.57. The van der Waals surface area contributed by atoms with Gasteiger partial charge in [-0.15, -0.1) is 23.5 Å². The molecule has 2 heterocycles. The third-order valence-corrected chi connectivity index (χ3v) is 8.59. The van der Waals surface area contributed by atoms with E-state index in [2.05, 4.69) is 10.00 Å². The van der Waals surface area contributed by atoms with Crippen molar-refractivity contribution in [2.75, 3.05) is 32.6 Å². The lowest BCUT2D eigenvalue weighted by atomic mass is 10.1. The van der Waals surface area contributed by atoms with Gasteiger partial charge in [-0.05, 0) is 80.5 Å². The Hall–Kier alpha value is -3.25. The predicted octanol–water partition coefficient (Wildman–Crippen LogP) is 7.30. The molecule has 3 aromatic carbocycles. The Bertz CT molecular complexity index is 1720. The third kappa shape index (κ3) is 6.70. The second-order valence-corrected chi connectivity index (χ2v) is 12.3. The number of fused-ring (bicyclic) bond motifs is 1. The molecule has 0 aromatic heterocycles. The summed E-state index contributed by atoms with van der Waals surface area (Å²) < 4.78 is 41.9. The van der Waals surface area contributed by atoms with Crippen molar-refractivity contribution in [1.82, 2.24) is 24.5 Å². The van der Waals surface area contributed by atoms with E-state index >= 15 is 0 Å². The van der Waals surface area contributed by atoms with Gasteiger partial charge >= 0.3 is 6.18 Å².